The minimum atomic E-state index is -0.322. The molecule has 0 bridgehead atoms. The summed E-state index contributed by atoms with van der Waals surface area (Å²) in [4.78, 5) is 30.4. The van der Waals surface area contributed by atoms with Crippen molar-refractivity contribution >= 4 is 23.3 Å². The Bertz CT molecular complexity index is 1210. The first-order valence-electron chi connectivity index (χ1n) is 9.92. The number of rotatable bonds is 7. The number of aromatic nitrogens is 4. The average Bonchev–Trinajstić information content (AvgIpc) is 3.06. The molecule has 8 heteroatoms. The molecule has 2 aromatic heterocycles. The number of hydrogen-bond donors (Lipinski definition) is 0. The number of nitrogens with zero attached hydrogens (tertiary/aromatic N) is 4. The lowest BCUT2D eigenvalue weighted by atomic mass is 10.2. The van der Waals surface area contributed by atoms with E-state index in [1.54, 1.807) is 37.3 Å². The van der Waals surface area contributed by atoms with Gasteiger partial charge in [-0.1, -0.05) is 26.0 Å². The number of ether oxygens (including phenoxy) is 2. The average molecular weight is 412 g/mol. The van der Waals surface area contributed by atoms with Gasteiger partial charge in [0.25, 0.3) is 5.56 Å². The van der Waals surface area contributed by atoms with Crippen molar-refractivity contribution in [3.05, 3.63) is 50.4 Å². The molecular formula is C22H28N4O4. The van der Waals surface area contributed by atoms with E-state index in [2.05, 4.69) is 4.98 Å². The van der Waals surface area contributed by atoms with E-state index in [0.717, 1.165) is 5.56 Å². The molecule has 30 heavy (non-hydrogen) atoms. The van der Waals surface area contributed by atoms with Gasteiger partial charge in [0.1, 0.15) is 5.82 Å². The number of fused-ring (bicyclic) bond motifs is 1. The van der Waals surface area contributed by atoms with E-state index < -0.39 is 0 Å². The maximum absolute atomic E-state index is 12.9. The van der Waals surface area contributed by atoms with Crippen LogP contribution in [0.1, 0.15) is 32.2 Å². The van der Waals surface area contributed by atoms with Gasteiger partial charge in [-0.2, -0.15) is 0 Å². The fourth-order valence-corrected chi connectivity index (χ4v) is 3.46. The number of methoxy groups -OCH3 is 2. The molecule has 3 aromatic rings. The molecular weight excluding hydrogens is 384 g/mol. The summed E-state index contributed by atoms with van der Waals surface area (Å²) in [7, 11) is 4.96. The van der Waals surface area contributed by atoms with Crippen LogP contribution in [0.2, 0.25) is 0 Å². The van der Waals surface area contributed by atoms with Crippen LogP contribution in [0.15, 0.2) is 27.8 Å². The van der Waals surface area contributed by atoms with Gasteiger partial charge in [-0.15, -0.1) is 0 Å². The van der Waals surface area contributed by atoms with Crippen molar-refractivity contribution in [2.24, 2.45) is 13.0 Å². The largest absolute Gasteiger partial charge is 0.493 e. The predicted octanol–water partition coefficient (Wildman–Crippen LogP) is 2.76. The van der Waals surface area contributed by atoms with Crippen LogP contribution < -0.4 is 20.7 Å². The number of imidazole rings is 1. The minimum Gasteiger partial charge on any atom is -0.493 e. The van der Waals surface area contributed by atoms with Crippen LogP contribution in [0.4, 0.5) is 0 Å². The molecule has 3 rings (SSSR count). The molecule has 0 saturated heterocycles. The second-order valence-corrected chi connectivity index (χ2v) is 7.49. The van der Waals surface area contributed by atoms with E-state index in [1.807, 2.05) is 44.2 Å². The van der Waals surface area contributed by atoms with E-state index in [1.165, 1.54) is 4.57 Å². The van der Waals surface area contributed by atoms with Crippen LogP contribution in [0.3, 0.4) is 0 Å². The second-order valence-electron chi connectivity index (χ2n) is 7.49. The van der Waals surface area contributed by atoms with Crippen molar-refractivity contribution in [3.8, 4) is 11.5 Å². The molecule has 0 spiro atoms. The van der Waals surface area contributed by atoms with E-state index in [4.69, 9.17) is 9.47 Å². The topological polar surface area (TPSA) is 80.3 Å². The highest BCUT2D eigenvalue weighted by atomic mass is 16.5. The zero-order valence-electron chi connectivity index (χ0n) is 18.3. The molecule has 0 atom stereocenters. The van der Waals surface area contributed by atoms with Crippen molar-refractivity contribution in [2.75, 3.05) is 14.2 Å². The highest BCUT2D eigenvalue weighted by Crippen LogP contribution is 2.28. The van der Waals surface area contributed by atoms with Gasteiger partial charge < -0.3 is 14.0 Å². The molecule has 0 saturated carbocycles. The van der Waals surface area contributed by atoms with Gasteiger partial charge in [0.2, 0.25) is 0 Å². The normalized spacial score (nSPS) is 11.7. The summed E-state index contributed by atoms with van der Waals surface area (Å²) < 4.78 is 15.2. The number of benzene rings is 1. The lowest BCUT2D eigenvalue weighted by Crippen LogP contribution is -2.40. The van der Waals surface area contributed by atoms with E-state index >= 15 is 0 Å². The molecule has 0 amide bonds. The Morgan fingerprint density at radius 1 is 1.07 bits per heavy atom. The van der Waals surface area contributed by atoms with Crippen LogP contribution in [0.25, 0.3) is 23.3 Å². The number of aryl methyl sites for hydroxylation is 1. The summed E-state index contributed by atoms with van der Waals surface area (Å²) >= 11 is 0. The molecule has 0 fully saturated rings. The Kier molecular flexibility index (Phi) is 6.14. The molecule has 0 aliphatic heterocycles. The van der Waals surface area contributed by atoms with Crippen LogP contribution in [0, 0.1) is 5.92 Å². The monoisotopic (exact) mass is 412 g/mol. The van der Waals surface area contributed by atoms with Crippen molar-refractivity contribution in [1.29, 1.82) is 0 Å². The van der Waals surface area contributed by atoms with Gasteiger partial charge in [-0.25, -0.2) is 9.78 Å². The summed E-state index contributed by atoms with van der Waals surface area (Å²) in [6, 6.07) is 5.59. The van der Waals surface area contributed by atoms with Crippen LogP contribution in [-0.4, -0.2) is 32.9 Å². The zero-order chi connectivity index (χ0) is 22.0. The van der Waals surface area contributed by atoms with Crippen LogP contribution in [-0.2, 0) is 20.1 Å². The highest BCUT2D eigenvalue weighted by molar-refractivity contribution is 5.77. The Hall–Kier alpha value is -3.29. The molecule has 2 heterocycles. The van der Waals surface area contributed by atoms with Gasteiger partial charge >= 0.3 is 5.69 Å². The Labute approximate surface area is 175 Å². The Morgan fingerprint density at radius 2 is 1.77 bits per heavy atom. The SMILES string of the molecule is CCn1c(=O)c2c(nc(/C=C/c3ccc(OC)c(OC)c3)n2C)n(CC(C)C)c1=O. The van der Waals surface area contributed by atoms with Gasteiger partial charge in [-0.3, -0.25) is 13.9 Å². The first kappa shape index (κ1) is 21.4. The molecule has 0 aliphatic rings. The third-order valence-electron chi connectivity index (χ3n) is 4.97. The molecule has 0 radical (unpaired) electrons. The van der Waals surface area contributed by atoms with E-state index in [-0.39, 0.29) is 17.2 Å². The Morgan fingerprint density at radius 3 is 2.37 bits per heavy atom. The second kappa shape index (κ2) is 8.61. The van der Waals surface area contributed by atoms with E-state index in [0.29, 0.717) is 41.6 Å². The third kappa shape index (κ3) is 3.77. The molecule has 8 nitrogen and oxygen atoms in total. The van der Waals surface area contributed by atoms with Crippen molar-refractivity contribution in [2.45, 2.75) is 33.9 Å². The van der Waals surface area contributed by atoms with Gasteiger partial charge in [0, 0.05) is 20.1 Å². The summed E-state index contributed by atoms with van der Waals surface area (Å²) in [5, 5.41) is 0. The fourth-order valence-electron chi connectivity index (χ4n) is 3.46. The fraction of sp³-hybridized carbons (Fsp3) is 0.409. The Balaban J connectivity index is 2.15. The zero-order valence-corrected chi connectivity index (χ0v) is 18.3. The quantitative estimate of drug-likeness (QED) is 0.596. The van der Waals surface area contributed by atoms with Crippen molar-refractivity contribution in [1.82, 2.24) is 18.7 Å². The van der Waals surface area contributed by atoms with Crippen LogP contribution >= 0.6 is 0 Å². The van der Waals surface area contributed by atoms with Crippen molar-refractivity contribution < 1.29 is 9.47 Å². The minimum absolute atomic E-state index is 0.237. The van der Waals surface area contributed by atoms with E-state index in [9.17, 15) is 9.59 Å². The van der Waals surface area contributed by atoms with Crippen LogP contribution in [0.5, 0.6) is 11.5 Å². The maximum Gasteiger partial charge on any atom is 0.332 e. The summed E-state index contributed by atoms with van der Waals surface area (Å²) in [5.74, 6) is 2.10. The summed E-state index contributed by atoms with van der Waals surface area (Å²) in [6.45, 7) is 6.66. The van der Waals surface area contributed by atoms with Gasteiger partial charge in [-0.05, 0) is 36.6 Å². The smallest absolute Gasteiger partial charge is 0.332 e. The molecule has 0 unspecified atom stereocenters. The van der Waals surface area contributed by atoms with Gasteiger partial charge in [0.15, 0.2) is 22.7 Å². The lowest BCUT2D eigenvalue weighted by molar-refractivity contribution is 0.355. The first-order chi connectivity index (χ1) is 14.3. The maximum atomic E-state index is 12.9. The van der Waals surface area contributed by atoms with Crippen molar-refractivity contribution in [3.63, 3.8) is 0 Å². The summed E-state index contributed by atoms with van der Waals surface area (Å²) in [6.07, 6.45) is 3.70. The molecule has 0 aliphatic carbocycles. The third-order valence-corrected chi connectivity index (χ3v) is 4.97. The number of hydrogen-bond acceptors (Lipinski definition) is 5. The summed E-state index contributed by atoms with van der Waals surface area (Å²) in [5.41, 5.74) is 1.09. The molecule has 1 aromatic carbocycles. The molecule has 0 N–H and O–H groups in total. The lowest BCUT2D eigenvalue weighted by Gasteiger charge is -2.12. The first-order valence-corrected chi connectivity index (χ1v) is 9.92. The predicted molar refractivity (Wildman–Crippen MR) is 118 cm³/mol. The highest BCUT2D eigenvalue weighted by Gasteiger charge is 2.19. The standard InChI is InChI=1S/C22H28N4O4/c1-7-25-21(27)19-20(26(22(25)28)13-14(2)3)23-18(24(19)4)11-9-15-8-10-16(29-5)17(12-15)30-6/h8-12,14H,7,13H2,1-6H3/b11-9+. The molecule has 160 valence electrons. The van der Waals surface area contributed by atoms with Gasteiger partial charge in [0.05, 0.1) is 14.2 Å².